The Morgan fingerprint density at radius 2 is 1.89 bits per heavy atom. The maximum absolute atomic E-state index is 13.2. The van der Waals surface area contributed by atoms with Gasteiger partial charge in [0.1, 0.15) is 0 Å². The van der Waals surface area contributed by atoms with Crippen molar-refractivity contribution in [2.45, 2.75) is 17.9 Å². The normalized spacial score (nSPS) is 12.3. The van der Waals surface area contributed by atoms with Crippen molar-refractivity contribution < 1.29 is 18.3 Å². The highest BCUT2D eigenvalue weighted by Gasteiger charge is 2.26. The molecule has 9 heteroatoms. The molecule has 1 atom stereocenters. The van der Waals surface area contributed by atoms with Gasteiger partial charge in [-0.3, -0.25) is 9.10 Å². The van der Waals surface area contributed by atoms with E-state index in [2.05, 4.69) is 11.9 Å². The van der Waals surface area contributed by atoms with Gasteiger partial charge in [0.25, 0.3) is 15.9 Å². The Balaban J connectivity index is 2.45. The number of halogens is 2. The molecule has 2 aromatic rings. The summed E-state index contributed by atoms with van der Waals surface area (Å²) < 4.78 is 27.5. The van der Waals surface area contributed by atoms with Crippen LogP contribution in [0.1, 0.15) is 17.3 Å². The number of aliphatic hydroxyl groups excluding tert-OH is 1. The van der Waals surface area contributed by atoms with E-state index in [0.29, 0.717) is 10.7 Å². The monoisotopic (exact) mass is 442 g/mol. The summed E-state index contributed by atoms with van der Waals surface area (Å²) in [6.07, 6.45) is 0.709. The lowest BCUT2D eigenvalue weighted by Gasteiger charge is -2.23. The number of rotatable bonds is 8. The molecule has 0 radical (unpaired) electrons. The molecule has 0 fully saturated rings. The summed E-state index contributed by atoms with van der Waals surface area (Å²) in [6, 6.07) is 10.2. The number of amides is 1. The van der Waals surface area contributed by atoms with Crippen LogP contribution in [-0.2, 0) is 10.0 Å². The highest BCUT2D eigenvalue weighted by atomic mass is 35.5. The van der Waals surface area contributed by atoms with Gasteiger partial charge >= 0.3 is 0 Å². The lowest BCUT2D eigenvalue weighted by molar-refractivity contribution is 0.0924. The van der Waals surface area contributed by atoms with Crippen LogP contribution in [0.3, 0.4) is 0 Å². The number of nitrogens with one attached hydrogen (secondary N) is 1. The molecule has 1 unspecified atom stereocenters. The number of aliphatic hydroxyl groups is 1. The third kappa shape index (κ3) is 5.26. The number of carbonyl (C=O) groups is 1. The molecule has 0 aliphatic heterocycles. The van der Waals surface area contributed by atoms with E-state index in [4.69, 9.17) is 23.2 Å². The van der Waals surface area contributed by atoms with Gasteiger partial charge in [0.2, 0.25) is 0 Å². The molecule has 0 aromatic heterocycles. The summed E-state index contributed by atoms with van der Waals surface area (Å²) in [5.74, 6) is -0.579. The van der Waals surface area contributed by atoms with Crippen LogP contribution in [0.4, 0.5) is 5.69 Å². The Hall–Kier alpha value is -2.06. The number of carbonyl (C=O) groups excluding carboxylic acids is 1. The zero-order chi connectivity index (χ0) is 20.9. The summed E-state index contributed by atoms with van der Waals surface area (Å²) in [7, 11) is -4.00. The molecule has 2 aromatic carbocycles. The van der Waals surface area contributed by atoms with Gasteiger partial charge in [0.15, 0.2) is 0 Å². The molecule has 0 aliphatic carbocycles. The first kappa shape index (κ1) is 22.2. The Morgan fingerprint density at radius 1 is 1.25 bits per heavy atom. The minimum Gasteiger partial charge on any atom is -0.392 e. The molecule has 0 saturated carbocycles. The molecule has 0 bridgehead atoms. The van der Waals surface area contributed by atoms with Gasteiger partial charge in [-0.05, 0) is 49.4 Å². The van der Waals surface area contributed by atoms with E-state index < -0.39 is 22.0 Å². The van der Waals surface area contributed by atoms with E-state index in [1.165, 1.54) is 31.2 Å². The third-order valence-corrected chi connectivity index (χ3v) is 6.11. The molecule has 28 heavy (non-hydrogen) atoms. The molecular formula is C19H20Cl2N2O4S. The topological polar surface area (TPSA) is 86.7 Å². The summed E-state index contributed by atoms with van der Waals surface area (Å²) >= 11 is 12.0. The van der Waals surface area contributed by atoms with Crippen molar-refractivity contribution >= 4 is 44.8 Å². The van der Waals surface area contributed by atoms with Gasteiger partial charge in [-0.1, -0.05) is 29.3 Å². The third-order valence-electron chi connectivity index (χ3n) is 3.74. The van der Waals surface area contributed by atoms with E-state index >= 15 is 0 Å². The van der Waals surface area contributed by atoms with Crippen LogP contribution >= 0.6 is 23.2 Å². The first-order chi connectivity index (χ1) is 13.2. The lowest BCUT2D eigenvalue weighted by Crippen LogP contribution is -2.32. The van der Waals surface area contributed by atoms with Crippen LogP contribution in [-0.4, -0.2) is 38.6 Å². The molecule has 150 valence electrons. The zero-order valence-electron chi connectivity index (χ0n) is 15.1. The highest BCUT2D eigenvalue weighted by molar-refractivity contribution is 7.92. The van der Waals surface area contributed by atoms with Gasteiger partial charge in [-0.2, -0.15) is 0 Å². The summed E-state index contributed by atoms with van der Waals surface area (Å²) in [5.41, 5.74) is 0.400. The van der Waals surface area contributed by atoms with Gasteiger partial charge in [-0.25, -0.2) is 8.42 Å². The Labute approximate surface area is 174 Å². The molecule has 1 amide bonds. The average molecular weight is 443 g/mol. The zero-order valence-corrected chi connectivity index (χ0v) is 17.4. The minimum absolute atomic E-state index is 0.00180. The predicted molar refractivity (Wildman–Crippen MR) is 112 cm³/mol. The van der Waals surface area contributed by atoms with Gasteiger partial charge in [0.05, 0.1) is 33.8 Å². The molecule has 0 aliphatic rings. The maximum atomic E-state index is 13.2. The van der Waals surface area contributed by atoms with Gasteiger partial charge < -0.3 is 10.4 Å². The van der Waals surface area contributed by atoms with Crippen molar-refractivity contribution in [2.75, 3.05) is 17.4 Å². The van der Waals surface area contributed by atoms with Crippen molar-refractivity contribution in [3.8, 4) is 0 Å². The number of sulfonamides is 1. The van der Waals surface area contributed by atoms with Crippen molar-refractivity contribution in [2.24, 2.45) is 0 Å². The van der Waals surface area contributed by atoms with Crippen molar-refractivity contribution in [3.05, 3.63) is 70.7 Å². The Bertz CT molecular complexity index is 960. The second-order valence-electron chi connectivity index (χ2n) is 6.00. The van der Waals surface area contributed by atoms with Gasteiger partial charge in [0, 0.05) is 11.6 Å². The van der Waals surface area contributed by atoms with Gasteiger partial charge in [-0.15, -0.1) is 6.58 Å². The maximum Gasteiger partial charge on any atom is 0.264 e. The first-order valence-corrected chi connectivity index (χ1v) is 10.5. The summed E-state index contributed by atoms with van der Waals surface area (Å²) in [6.45, 7) is 5.16. The number of nitrogens with zero attached hydrogens (tertiary/aromatic N) is 1. The number of hydrogen-bond acceptors (Lipinski definition) is 4. The molecule has 0 spiro atoms. The summed E-state index contributed by atoms with van der Waals surface area (Å²) in [5, 5.41) is 12.4. The molecule has 2 N–H and O–H groups in total. The number of anilines is 1. The fourth-order valence-corrected chi connectivity index (χ4v) is 4.16. The second kappa shape index (κ2) is 9.43. The van der Waals surface area contributed by atoms with Crippen LogP contribution in [0.2, 0.25) is 10.0 Å². The Morgan fingerprint density at radius 3 is 2.46 bits per heavy atom. The molecular weight excluding hydrogens is 423 g/mol. The summed E-state index contributed by atoms with van der Waals surface area (Å²) in [4.78, 5) is 12.2. The number of hydrogen-bond donors (Lipinski definition) is 2. The number of benzene rings is 2. The highest BCUT2D eigenvalue weighted by Crippen LogP contribution is 2.27. The second-order valence-corrected chi connectivity index (χ2v) is 8.71. The van der Waals surface area contributed by atoms with Crippen molar-refractivity contribution in [1.29, 1.82) is 0 Å². The smallest absolute Gasteiger partial charge is 0.264 e. The molecule has 2 rings (SSSR count). The first-order valence-electron chi connectivity index (χ1n) is 8.32. The van der Waals surface area contributed by atoms with Crippen LogP contribution in [0.5, 0.6) is 0 Å². The fourth-order valence-electron chi connectivity index (χ4n) is 2.37. The molecule has 6 nitrogen and oxygen atoms in total. The molecule has 0 heterocycles. The Kier molecular flexibility index (Phi) is 7.48. The lowest BCUT2D eigenvalue weighted by atomic mass is 10.2. The van der Waals surface area contributed by atoms with E-state index in [0.717, 1.165) is 4.31 Å². The van der Waals surface area contributed by atoms with E-state index in [1.54, 1.807) is 24.3 Å². The van der Waals surface area contributed by atoms with E-state index in [9.17, 15) is 18.3 Å². The van der Waals surface area contributed by atoms with Crippen LogP contribution in [0.15, 0.2) is 60.0 Å². The fraction of sp³-hybridized carbons (Fsp3) is 0.211. The van der Waals surface area contributed by atoms with Crippen molar-refractivity contribution in [3.63, 3.8) is 0 Å². The van der Waals surface area contributed by atoms with Crippen LogP contribution in [0.25, 0.3) is 0 Å². The quantitative estimate of drug-likeness (QED) is 0.612. The molecule has 0 saturated heterocycles. The largest absolute Gasteiger partial charge is 0.392 e. The SMILES string of the molecule is C=CCN(c1ccc(Cl)cc1)S(=O)(=O)c1ccc(Cl)c(C(=O)NCC(C)O)c1. The van der Waals surface area contributed by atoms with Crippen LogP contribution in [0, 0.1) is 0 Å². The van der Waals surface area contributed by atoms with Crippen molar-refractivity contribution in [1.82, 2.24) is 5.32 Å². The van der Waals surface area contributed by atoms with Crippen LogP contribution < -0.4 is 9.62 Å². The minimum atomic E-state index is -4.00. The average Bonchev–Trinajstić information content (AvgIpc) is 2.65. The van der Waals surface area contributed by atoms with E-state index in [-0.39, 0.29) is 28.6 Å². The standard InChI is InChI=1S/C19H20Cl2N2O4S/c1-3-10-23(15-6-4-14(20)5-7-15)28(26,27)16-8-9-18(21)17(11-16)19(25)22-12-13(2)24/h3-9,11,13,24H,1,10,12H2,2H3,(H,22,25). The predicted octanol–water partition coefficient (Wildman–Crippen LogP) is 3.49. The van der Waals surface area contributed by atoms with E-state index in [1.807, 2.05) is 0 Å².